The molecule has 3 fully saturated rings. The van der Waals surface area contributed by atoms with E-state index in [-0.39, 0.29) is 30.3 Å². The second-order valence-corrected chi connectivity index (χ2v) is 13.6. The maximum atomic E-state index is 13.8. The summed E-state index contributed by atoms with van der Waals surface area (Å²) in [6.07, 6.45) is 5.10. The van der Waals surface area contributed by atoms with E-state index in [4.69, 9.17) is 0 Å². The van der Waals surface area contributed by atoms with Gasteiger partial charge in [-0.15, -0.1) is 0 Å². The quantitative estimate of drug-likeness (QED) is 0.336. The first kappa shape index (κ1) is 29.6. The van der Waals surface area contributed by atoms with Gasteiger partial charge in [0.2, 0.25) is 21.8 Å². The predicted octanol–water partition coefficient (Wildman–Crippen LogP) is 2.01. The van der Waals surface area contributed by atoms with Gasteiger partial charge >= 0.3 is 0 Å². The van der Waals surface area contributed by atoms with Crippen LogP contribution in [-0.4, -0.2) is 80.4 Å². The van der Waals surface area contributed by atoms with E-state index in [9.17, 15) is 22.8 Å². The van der Waals surface area contributed by atoms with Crippen LogP contribution in [0.15, 0.2) is 42.5 Å². The van der Waals surface area contributed by atoms with Crippen molar-refractivity contribution in [3.63, 3.8) is 0 Å². The molecule has 1 saturated carbocycles. The molecule has 0 aromatic heterocycles. The van der Waals surface area contributed by atoms with Crippen LogP contribution in [0.2, 0.25) is 0 Å². The number of likely N-dealkylation sites (N-methyl/N-ethyl adjacent to an activating group) is 1. The van der Waals surface area contributed by atoms with E-state index in [1.165, 1.54) is 4.31 Å². The fraction of sp³-hybridized carbons (Fsp3) is 0.567. The van der Waals surface area contributed by atoms with Gasteiger partial charge in [0.15, 0.2) is 5.78 Å². The first-order valence-electron chi connectivity index (χ1n) is 14.7. The maximum Gasteiger partial charge on any atom is 0.237 e. The smallest absolute Gasteiger partial charge is 0.237 e. The van der Waals surface area contributed by atoms with Crippen LogP contribution in [0.25, 0.3) is 10.8 Å². The molecule has 3 aliphatic rings. The monoisotopic (exact) mass is 583 g/mol. The average Bonchev–Trinajstić information content (AvgIpc) is 3.58. The van der Waals surface area contributed by atoms with Gasteiger partial charge in [-0.25, -0.2) is 8.42 Å². The van der Waals surface area contributed by atoms with E-state index in [1.54, 1.807) is 14.0 Å². The van der Waals surface area contributed by atoms with E-state index in [0.717, 1.165) is 42.9 Å². The molecule has 1 aliphatic carbocycles. The number of amides is 2. The van der Waals surface area contributed by atoms with Gasteiger partial charge in [-0.1, -0.05) is 55.7 Å². The Morgan fingerprint density at radius 1 is 1.02 bits per heavy atom. The van der Waals surface area contributed by atoms with E-state index in [1.807, 2.05) is 42.5 Å². The number of Topliss-reactive ketones (excluding diaryl/α,β-unsaturated/α-hetero) is 1. The fourth-order valence-corrected chi connectivity index (χ4v) is 8.47. The minimum Gasteiger partial charge on any atom is -0.345 e. The second-order valence-electron chi connectivity index (χ2n) is 11.6. The lowest BCUT2D eigenvalue weighted by atomic mass is 9.82. The average molecular weight is 584 g/mol. The van der Waals surface area contributed by atoms with Gasteiger partial charge in [0.25, 0.3) is 0 Å². The lowest BCUT2D eigenvalue weighted by molar-refractivity contribution is -0.129. The van der Waals surface area contributed by atoms with Gasteiger partial charge in [-0.05, 0) is 50.6 Å². The molecule has 2 heterocycles. The number of carbonyl (C=O) groups excluding carboxylic acids is 3. The second kappa shape index (κ2) is 12.6. The molecular weight excluding hydrogens is 542 g/mol. The summed E-state index contributed by atoms with van der Waals surface area (Å²) in [5, 5.41) is 14.0. The topological polar surface area (TPSA) is 137 Å². The minimum atomic E-state index is -4.04. The summed E-state index contributed by atoms with van der Waals surface area (Å²) in [7, 11) is -2.37. The largest absolute Gasteiger partial charge is 0.345 e. The molecule has 41 heavy (non-hydrogen) atoms. The Labute approximate surface area is 242 Å². The highest BCUT2D eigenvalue weighted by atomic mass is 32.2. The van der Waals surface area contributed by atoms with E-state index < -0.39 is 45.6 Å². The van der Waals surface area contributed by atoms with Gasteiger partial charge in [-0.2, -0.15) is 4.31 Å². The number of nitrogens with zero attached hydrogens (tertiary/aromatic N) is 1. The highest BCUT2D eigenvalue weighted by molar-refractivity contribution is 7.89. The van der Waals surface area contributed by atoms with Crippen molar-refractivity contribution < 1.29 is 22.8 Å². The summed E-state index contributed by atoms with van der Waals surface area (Å²) < 4.78 is 28.9. The summed E-state index contributed by atoms with van der Waals surface area (Å²) >= 11 is 0. The van der Waals surface area contributed by atoms with Crippen molar-refractivity contribution in [3.8, 4) is 0 Å². The number of fused-ring (bicyclic) bond motifs is 2. The molecule has 0 radical (unpaired) electrons. The number of nitrogens with one attached hydrogen (secondary N) is 4. The third-order valence-electron chi connectivity index (χ3n) is 9.08. The SMILES string of the molecule is CNC(C)C(=O)NC(C(=O)CS(=O)(=O)N1CCC2NCC(C(=O)Nc3cccc4ccccc34)C21)C1CCCCC1. The third kappa shape index (κ3) is 6.33. The van der Waals surface area contributed by atoms with Crippen LogP contribution in [0.4, 0.5) is 5.69 Å². The molecule has 2 aromatic rings. The summed E-state index contributed by atoms with van der Waals surface area (Å²) in [6, 6.07) is 11.4. The van der Waals surface area contributed by atoms with Gasteiger partial charge < -0.3 is 21.3 Å². The lowest BCUT2D eigenvalue weighted by Crippen LogP contribution is -2.54. The molecule has 10 nitrogen and oxygen atoms in total. The molecule has 5 rings (SSSR count). The van der Waals surface area contributed by atoms with Crippen LogP contribution in [0.5, 0.6) is 0 Å². The van der Waals surface area contributed by atoms with Crippen LogP contribution in [0.1, 0.15) is 45.4 Å². The Kier molecular flexibility index (Phi) is 9.08. The zero-order chi connectivity index (χ0) is 29.1. The van der Waals surface area contributed by atoms with Crippen molar-refractivity contribution in [2.75, 3.05) is 31.2 Å². The Morgan fingerprint density at radius 3 is 2.51 bits per heavy atom. The number of benzene rings is 2. The van der Waals surface area contributed by atoms with Gasteiger partial charge in [0.05, 0.1) is 24.0 Å². The molecule has 222 valence electrons. The number of anilines is 1. The number of rotatable bonds is 10. The minimum absolute atomic E-state index is 0.0850. The predicted molar refractivity (Wildman–Crippen MR) is 159 cm³/mol. The number of sulfonamides is 1. The Bertz CT molecular complexity index is 1390. The molecule has 0 spiro atoms. The number of hydrogen-bond acceptors (Lipinski definition) is 7. The zero-order valence-electron chi connectivity index (χ0n) is 23.8. The maximum absolute atomic E-state index is 13.8. The summed E-state index contributed by atoms with van der Waals surface area (Å²) in [4.78, 5) is 39.8. The lowest BCUT2D eigenvalue weighted by Gasteiger charge is -2.32. The molecule has 11 heteroatoms. The van der Waals surface area contributed by atoms with Crippen LogP contribution in [-0.2, 0) is 24.4 Å². The van der Waals surface area contributed by atoms with Gasteiger partial charge in [0.1, 0.15) is 5.75 Å². The molecule has 2 saturated heterocycles. The molecule has 2 aliphatic heterocycles. The summed E-state index contributed by atoms with van der Waals surface area (Å²) in [5.74, 6) is -2.43. The number of carbonyl (C=O) groups is 3. The molecule has 4 N–H and O–H groups in total. The summed E-state index contributed by atoms with van der Waals surface area (Å²) in [6.45, 7) is 2.30. The normalized spacial score (nSPS) is 25.0. The molecule has 5 unspecified atom stereocenters. The zero-order valence-corrected chi connectivity index (χ0v) is 24.6. The van der Waals surface area contributed by atoms with Crippen LogP contribution < -0.4 is 21.3 Å². The number of hydrogen-bond donors (Lipinski definition) is 4. The van der Waals surface area contributed by atoms with Crippen molar-refractivity contribution in [1.82, 2.24) is 20.3 Å². The highest BCUT2D eigenvalue weighted by Crippen LogP contribution is 2.34. The van der Waals surface area contributed by atoms with Crippen molar-refractivity contribution in [1.29, 1.82) is 0 Å². The molecule has 5 atom stereocenters. The van der Waals surface area contributed by atoms with Crippen molar-refractivity contribution in [2.24, 2.45) is 11.8 Å². The molecule has 2 aromatic carbocycles. The molecule has 2 amide bonds. The summed E-state index contributed by atoms with van der Waals surface area (Å²) in [5.41, 5.74) is 0.681. The molecule has 0 bridgehead atoms. The van der Waals surface area contributed by atoms with E-state index in [0.29, 0.717) is 18.7 Å². The van der Waals surface area contributed by atoms with E-state index >= 15 is 0 Å². The van der Waals surface area contributed by atoms with Crippen LogP contribution in [0, 0.1) is 11.8 Å². The highest BCUT2D eigenvalue weighted by Gasteiger charge is 2.51. The van der Waals surface area contributed by atoms with Gasteiger partial charge in [0, 0.05) is 30.2 Å². The number of ketones is 1. The van der Waals surface area contributed by atoms with Crippen molar-refractivity contribution in [3.05, 3.63) is 42.5 Å². The van der Waals surface area contributed by atoms with Gasteiger partial charge in [-0.3, -0.25) is 14.4 Å². The Morgan fingerprint density at radius 2 is 1.76 bits per heavy atom. The van der Waals surface area contributed by atoms with Crippen LogP contribution in [0.3, 0.4) is 0 Å². The first-order valence-corrected chi connectivity index (χ1v) is 16.3. The van der Waals surface area contributed by atoms with Crippen molar-refractivity contribution in [2.45, 2.75) is 69.6 Å². The fourth-order valence-electron chi connectivity index (χ4n) is 6.71. The third-order valence-corrected chi connectivity index (χ3v) is 10.9. The Hall–Kier alpha value is -2.86. The standard InChI is InChI=1S/C30H41N5O5S/c1-19(31-2)29(37)34-27(21-10-4-3-5-11-21)26(36)18-41(39,40)35-16-15-25-28(35)23(17-32-25)30(38)33-24-14-8-12-20-9-6-7-13-22(20)24/h6-9,12-14,19,21,23,25,27-28,31-32H,3-5,10-11,15-18H2,1-2H3,(H,33,38)(H,34,37). The molecular formula is C30H41N5O5S. The van der Waals surface area contributed by atoms with Crippen LogP contribution >= 0.6 is 0 Å². The Balaban J connectivity index is 1.32. The first-order chi connectivity index (χ1) is 19.7. The van der Waals surface area contributed by atoms with E-state index in [2.05, 4.69) is 21.3 Å². The van der Waals surface area contributed by atoms with Crippen molar-refractivity contribution >= 4 is 44.1 Å².